The molecule has 11 nitrogen and oxygen atoms in total. The Bertz CT molecular complexity index is 1340. The van der Waals surface area contributed by atoms with E-state index in [0.29, 0.717) is 12.2 Å². The molecule has 2 aromatic heterocycles. The van der Waals surface area contributed by atoms with E-state index in [1.54, 1.807) is 19.1 Å². The Hall–Kier alpha value is -3.67. The third-order valence-electron chi connectivity index (χ3n) is 4.76. The van der Waals surface area contributed by atoms with Gasteiger partial charge in [-0.1, -0.05) is 0 Å². The fourth-order valence-corrected chi connectivity index (χ4v) is 3.80. The lowest BCUT2D eigenvalue weighted by Crippen LogP contribution is -2.27. The Balaban J connectivity index is 1.99. The first-order valence-electron chi connectivity index (χ1n) is 10.1. The van der Waals surface area contributed by atoms with Crippen molar-refractivity contribution in [3.05, 3.63) is 46.4 Å². The zero-order valence-corrected chi connectivity index (χ0v) is 19.3. The predicted octanol–water partition coefficient (Wildman–Crippen LogP) is 1.47. The summed E-state index contributed by atoms with van der Waals surface area (Å²) in [7, 11) is -1.70. The molecular weight excluding hydrogens is 450 g/mol. The normalized spacial score (nSPS) is 11.4. The summed E-state index contributed by atoms with van der Waals surface area (Å²) in [4.78, 5) is 34.1. The van der Waals surface area contributed by atoms with Gasteiger partial charge < -0.3 is 15.2 Å². The molecule has 3 N–H and O–H groups in total. The van der Waals surface area contributed by atoms with Crippen molar-refractivity contribution >= 4 is 38.4 Å². The van der Waals surface area contributed by atoms with Gasteiger partial charge in [-0.15, -0.1) is 0 Å². The summed E-state index contributed by atoms with van der Waals surface area (Å²) in [6, 6.07) is 6.13. The number of hydrogen-bond acceptors (Lipinski definition) is 9. The number of nitrogen functional groups attached to an aromatic ring is 1. The van der Waals surface area contributed by atoms with Crippen LogP contribution in [-0.4, -0.2) is 54.6 Å². The zero-order chi connectivity index (χ0) is 24.2. The van der Waals surface area contributed by atoms with Crippen LogP contribution in [0.25, 0.3) is 10.9 Å². The minimum Gasteiger partial charge on any atom is -0.491 e. The van der Waals surface area contributed by atoms with Gasteiger partial charge in [0.2, 0.25) is 5.95 Å². The van der Waals surface area contributed by atoms with E-state index in [1.165, 1.54) is 30.0 Å². The Morgan fingerprint density at radius 2 is 2.00 bits per heavy atom. The molecule has 3 aromatic rings. The predicted molar refractivity (Wildman–Crippen MR) is 125 cm³/mol. The van der Waals surface area contributed by atoms with E-state index in [4.69, 9.17) is 15.2 Å². The quantitative estimate of drug-likeness (QED) is 0.438. The second-order valence-electron chi connectivity index (χ2n) is 7.24. The lowest BCUT2D eigenvalue weighted by Gasteiger charge is -2.16. The third kappa shape index (κ3) is 5.58. The fourth-order valence-electron chi connectivity index (χ4n) is 3.16. The smallest absolute Gasteiger partial charge is 0.262 e. The van der Waals surface area contributed by atoms with Crippen LogP contribution in [0.5, 0.6) is 11.5 Å². The number of nitrogens with one attached hydrogen (secondary N) is 1. The molecule has 0 aliphatic rings. The molecule has 0 fully saturated rings. The van der Waals surface area contributed by atoms with Crippen molar-refractivity contribution < 1.29 is 22.7 Å². The molecule has 3 rings (SSSR count). The second kappa shape index (κ2) is 9.86. The fraction of sp³-hybridized carbons (Fsp3) is 0.333. The van der Waals surface area contributed by atoms with Crippen LogP contribution in [0.2, 0.25) is 0 Å². The van der Waals surface area contributed by atoms with Crippen LogP contribution in [-0.2, 0) is 16.4 Å². The summed E-state index contributed by atoms with van der Waals surface area (Å²) in [6.45, 7) is 2.16. The molecule has 0 unspecified atom stereocenters. The number of nitrogens with two attached hydrogens (primary N) is 1. The van der Waals surface area contributed by atoms with Crippen LogP contribution in [0, 0.1) is 0 Å². The molecule has 0 bridgehead atoms. The number of amides is 1. The topological polar surface area (TPSA) is 156 Å². The van der Waals surface area contributed by atoms with Crippen molar-refractivity contribution in [3.63, 3.8) is 0 Å². The highest BCUT2D eigenvalue weighted by Gasteiger charge is 2.19. The van der Waals surface area contributed by atoms with Gasteiger partial charge in [0.05, 0.1) is 30.4 Å². The van der Waals surface area contributed by atoms with Gasteiger partial charge in [-0.05, 0) is 37.6 Å². The number of anilines is 2. The number of pyridine rings is 1. The third-order valence-corrected chi connectivity index (χ3v) is 5.79. The lowest BCUT2D eigenvalue weighted by molar-refractivity contribution is 0.102. The van der Waals surface area contributed by atoms with Crippen LogP contribution >= 0.6 is 0 Å². The minimum absolute atomic E-state index is 0.0153. The minimum atomic E-state index is -3.10. The molecule has 0 aliphatic heterocycles. The number of methoxy groups -OCH3 is 1. The van der Waals surface area contributed by atoms with E-state index in [9.17, 15) is 18.0 Å². The number of aromatic nitrogens is 3. The largest absolute Gasteiger partial charge is 0.491 e. The number of ether oxygens (including phenoxy) is 2. The highest BCUT2D eigenvalue weighted by Crippen LogP contribution is 2.34. The van der Waals surface area contributed by atoms with Gasteiger partial charge in [-0.3, -0.25) is 19.5 Å². The summed E-state index contributed by atoms with van der Waals surface area (Å²) < 4.78 is 35.1. The van der Waals surface area contributed by atoms with Crippen molar-refractivity contribution in [1.29, 1.82) is 0 Å². The molecule has 1 aromatic carbocycles. The highest BCUT2D eigenvalue weighted by atomic mass is 32.2. The summed E-state index contributed by atoms with van der Waals surface area (Å²) in [5, 5.41) is 2.92. The van der Waals surface area contributed by atoms with E-state index < -0.39 is 15.7 Å². The van der Waals surface area contributed by atoms with Crippen molar-refractivity contribution in [2.45, 2.75) is 19.9 Å². The Morgan fingerprint density at radius 1 is 1.24 bits per heavy atom. The number of nitrogens with zero attached hydrogens (tertiary/aromatic N) is 3. The number of fused-ring (bicyclic) bond motifs is 1. The van der Waals surface area contributed by atoms with Crippen molar-refractivity contribution in [2.75, 3.05) is 36.8 Å². The van der Waals surface area contributed by atoms with Crippen LogP contribution < -0.4 is 26.1 Å². The van der Waals surface area contributed by atoms with E-state index in [-0.39, 0.29) is 58.4 Å². The molecule has 0 aliphatic carbocycles. The first-order valence-corrected chi connectivity index (χ1v) is 12.2. The maximum absolute atomic E-state index is 13.1. The maximum Gasteiger partial charge on any atom is 0.262 e. The number of sulfone groups is 1. The number of carbonyl (C=O) groups excluding carboxylic acids is 1. The molecule has 0 atom stereocenters. The Kier molecular flexibility index (Phi) is 7.16. The SMILES string of the molecule is CCn1c(NC(=O)c2ccc(N)nc2)nc2c(OC)c(OCCCS(C)(=O)=O)ccc2c1=O. The molecule has 2 heterocycles. The molecule has 1 amide bonds. The number of benzene rings is 1. The van der Waals surface area contributed by atoms with Gasteiger partial charge >= 0.3 is 0 Å². The molecular formula is C21H25N5O6S. The van der Waals surface area contributed by atoms with E-state index in [2.05, 4.69) is 15.3 Å². The van der Waals surface area contributed by atoms with Gasteiger partial charge in [-0.25, -0.2) is 18.4 Å². The Morgan fingerprint density at radius 3 is 2.61 bits per heavy atom. The summed E-state index contributed by atoms with van der Waals surface area (Å²) >= 11 is 0. The van der Waals surface area contributed by atoms with Crippen molar-refractivity contribution in [3.8, 4) is 11.5 Å². The van der Waals surface area contributed by atoms with Crippen LogP contribution in [0.15, 0.2) is 35.3 Å². The van der Waals surface area contributed by atoms with Gasteiger partial charge in [0.1, 0.15) is 21.2 Å². The van der Waals surface area contributed by atoms with Gasteiger partial charge in [0, 0.05) is 19.0 Å². The van der Waals surface area contributed by atoms with E-state index in [1.807, 2.05) is 0 Å². The lowest BCUT2D eigenvalue weighted by atomic mass is 10.2. The van der Waals surface area contributed by atoms with E-state index in [0.717, 1.165) is 6.26 Å². The summed E-state index contributed by atoms with van der Waals surface area (Å²) in [5.41, 5.74) is 5.65. The Labute approximate surface area is 190 Å². The van der Waals surface area contributed by atoms with Crippen molar-refractivity contribution in [2.24, 2.45) is 0 Å². The van der Waals surface area contributed by atoms with Gasteiger partial charge in [0.25, 0.3) is 11.5 Å². The summed E-state index contributed by atoms with van der Waals surface area (Å²) in [5.74, 6) is 0.289. The van der Waals surface area contributed by atoms with Crippen LogP contribution in [0.3, 0.4) is 0 Å². The number of rotatable bonds is 9. The second-order valence-corrected chi connectivity index (χ2v) is 9.50. The molecule has 0 saturated carbocycles. The van der Waals surface area contributed by atoms with Crippen molar-refractivity contribution in [1.82, 2.24) is 14.5 Å². The average Bonchev–Trinajstić information content (AvgIpc) is 2.76. The van der Waals surface area contributed by atoms with Crippen LogP contribution in [0.4, 0.5) is 11.8 Å². The molecule has 12 heteroatoms. The molecule has 176 valence electrons. The number of hydrogen-bond donors (Lipinski definition) is 2. The molecule has 33 heavy (non-hydrogen) atoms. The average molecular weight is 476 g/mol. The zero-order valence-electron chi connectivity index (χ0n) is 18.5. The molecule has 0 spiro atoms. The first kappa shape index (κ1) is 24.0. The molecule has 0 radical (unpaired) electrons. The summed E-state index contributed by atoms with van der Waals surface area (Å²) in [6.07, 6.45) is 2.77. The molecule has 0 saturated heterocycles. The first-order chi connectivity index (χ1) is 15.6. The standard InChI is InChI=1S/C21H25N5O6S/c1-4-26-20(28)14-7-8-15(32-10-5-11-33(3,29)30)18(31-2)17(14)24-21(26)25-19(27)13-6-9-16(22)23-12-13/h6-9,12H,4-5,10-11H2,1-3H3,(H2,22,23)(H,24,25,27). The highest BCUT2D eigenvalue weighted by molar-refractivity contribution is 7.90. The monoisotopic (exact) mass is 475 g/mol. The maximum atomic E-state index is 13.1. The van der Waals surface area contributed by atoms with Crippen LogP contribution in [0.1, 0.15) is 23.7 Å². The number of carbonyl (C=O) groups is 1. The van der Waals surface area contributed by atoms with Gasteiger partial charge in [-0.2, -0.15) is 0 Å². The van der Waals surface area contributed by atoms with Gasteiger partial charge in [0.15, 0.2) is 11.5 Å². The van der Waals surface area contributed by atoms with E-state index >= 15 is 0 Å².